The molecule has 0 aromatic heterocycles. The van der Waals surface area contributed by atoms with Crippen LogP contribution in [0, 0.1) is 11.2 Å². The third-order valence-electron chi connectivity index (χ3n) is 4.83. The number of nitrogens with zero attached hydrogens (tertiary/aromatic N) is 1. The van der Waals surface area contributed by atoms with E-state index in [-0.39, 0.29) is 5.82 Å². The van der Waals surface area contributed by atoms with E-state index < -0.39 is 0 Å². The monoisotopic (exact) mass is 327 g/mol. The van der Waals surface area contributed by atoms with Gasteiger partial charge in [0.1, 0.15) is 5.82 Å². The summed E-state index contributed by atoms with van der Waals surface area (Å²) in [5.74, 6) is -0.0857. The van der Waals surface area contributed by atoms with Crippen LogP contribution in [0.4, 0.5) is 10.1 Å². The van der Waals surface area contributed by atoms with Crippen molar-refractivity contribution in [3.8, 4) is 0 Å². The number of hydrogen-bond donors (Lipinski definition) is 0. The average Bonchev–Trinajstić information content (AvgIpc) is 2.47. The topological polar surface area (TPSA) is 3.24 Å². The minimum Gasteiger partial charge on any atom is -0.369 e. The summed E-state index contributed by atoms with van der Waals surface area (Å²) in [4.78, 5) is 2.21. The summed E-state index contributed by atoms with van der Waals surface area (Å²) in [5.41, 5.74) is 2.25. The van der Waals surface area contributed by atoms with Crippen molar-refractivity contribution in [2.45, 2.75) is 44.9 Å². The van der Waals surface area contributed by atoms with E-state index in [0.717, 1.165) is 24.3 Å². The summed E-state index contributed by atoms with van der Waals surface area (Å²) in [5, 5.41) is 0.707. The SMILES string of the molecule is CCC1(CC)CCN(c2ccc(CBr)cc2F)CC1. The van der Waals surface area contributed by atoms with Crippen molar-refractivity contribution in [1.82, 2.24) is 0 Å². The third kappa shape index (κ3) is 3.13. The lowest BCUT2D eigenvalue weighted by Gasteiger charge is -2.42. The Morgan fingerprint density at radius 3 is 2.32 bits per heavy atom. The molecule has 1 aliphatic rings. The highest BCUT2D eigenvalue weighted by molar-refractivity contribution is 9.08. The largest absolute Gasteiger partial charge is 0.369 e. The van der Waals surface area contributed by atoms with Crippen molar-refractivity contribution >= 4 is 21.6 Å². The molecule has 0 aliphatic carbocycles. The van der Waals surface area contributed by atoms with Crippen molar-refractivity contribution < 1.29 is 4.39 Å². The van der Waals surface area contributed by atoms with E-state index in [1.165, 1.54) is 25.7 Å². The highest BCUT2D eigenvalue weighted by Crippen LogP contribution is 2.39. The van der Waals surface area contributed by atoms with Gasteiger partial charge in [-0.05, 0) is 36.0 Å². The normalized spacial score (nSPS) is 18.6. The summed E-state index contributed by atoms with van der Waals surface area (Å²) in [7, 11) is 0. The van der Waals surface area contributed by atoms with Crippen LogP contribution in [0.2, 0.25) is 0 Å². The Morgan fingerprint density at radius 1 is 1.21 bits per heavy atom. The van der Waals surface area contributed by atoms with Gasteiger partial charge in [0.05, 0.1) is 5.69 Å². The van der Waals surface area contributed by atoms with Gasteiger partial charge >= 0.3 is 0 Å². The molecule has 0 bridgehead atoms. The highest BCUT2D eigenvalue weighted by Gasteiger charge is 2.31. The van der Waals surface area contributed by atoms with Crippen LogP contribution >= 0.6 is 15.9 Å². The van der Waals surface area contributed by atoms with Crippen molar-refractivity contribution in [3.63, 3.8) is 0 Å². The van der Waals surface area contributed by atoms with Crippen LogP contribution in [-0.4, -0.2) is 13.1 Å². The molecular formula is C16H23BrFN. The van der Waals surface area contributed by atoms with Crippen molar-refractivity contribution in [3.05, 3.63) is 29.6 Å². The van der Waals surface area contributed by atoms with E-state index in [2.05, 4.69) is 34.7 Å². The fourth-order valence-corrected chi connectivity index (χ4v) is 3.42. The Morgan fingerprint density at radius 2 is 1.84 bits per heavy atom. The van der Waals surface area contributed by atoms with E-state index in [9.17, 15) is 4.39 Å². The standard InChI is InChI=1S/C16H23BrFN/c1-3-16(4-2)7-9-19(10-8-16)15-6-5-13(12-17)11-14(15)18/h5-6,11H,3-4,7-10,12H2,1-2H3. The lowest BCUT2D eigenvalue weighted by atomic mass is 9.74. The predicted octanol–water partition coefficient (Wildman–Crippen LogP) is 5.13. The maximum atomic E-state index is 14.1. The van der Waals surface area contributed by atoms with Crippen LogP contribution < -0.4 is 4.90 Å². The van der Waals surface area contributed by atoms with Crippen LogP contribution in [-0.2, 0) is 5.33 Å². The van der Waals surface area contributed by atoms with Crippen molar-refractivity contribution in [2.75, 3.05) is 18.0 Å². The fourth-order valence-electron chi connectivity index (χ4n) is 3.07. The zero-order chi connectivity index (χ0) is 13.9. The molecule has 1 aliphatic heterocycles. The van der Waals surface area contributed by atoms with Crippen LogP contribution in [0.25, 0.3) is 0 Å². The minimum atomic E-state index is -0.0857. The zero-order valence-electron chi connectivity index (χ0n) is 11.9. The van der Waals surface area contributed by atoms with Gasteiger partial charge in [0.15, 0.2) is 0 Å². The molecule has 0 N–H and O–H groups in total. The summed E-state index contributed by atoms with van der Waals surface area (Å²) < 4.78 is 14.1. The summed E-state index contributed by atoms with van der Waals surface area (Å²) in [6, 6.07) is 5.58. The molecular weight excluding hydrogens is 305 g/mol. The summed E-state index contributed by atoms with van der Waals surface area (Å²) >= 11 is 3.37. The first-order valence-electron chi connectivity index (χ1n) is 7.23. The third-order valence-corrected chi connectivity index (χ3v) is 5.48. The first kappa shape index (κ1) is 14.8. The molecule has 1 aromatic carbocycles. The number of halogens is 2. The summed E-state index contributed by atoms with van der Waals surface area (Å²) in [6.07, 6.45) is 4.84. The van der Waals surface area contributed by atoms with Crippen LogP contribution in [0.1, 0.15) is 45.1 Å². The zero-order valence-corrected chi connectivity index (χ0v) is 13.5. The molecule has 0 saturated carbocycles. The molecule has 0 radical (unpaired) electrons. The molecule has 0 atom stereocenters. The average molecular weight is 328 g/mol. The molecule has 1 aromatic rings. The number of rotatable bonds is 4. The molecule has 0 spiro atoms. The second-order valence-electron chi connectivity index (χ2n) is 5.61. The van der Waals surface area contributed by atoms with Gasteiger partial charge < -0.3 is 4.90 Å². The maximum Gasteiger partial charge on any atom is 0.146 e. The van der Waals surface area contributed by atoms with Gasteiger partial charge in [0.25, 0.3) is 0 Å². The molecule has 2 rings (SSSR count). The first-order chi connectivity index (χ1) is 9.14. The van der Waals surface area contributed by atoms with Gasteiger partial charge in [-0.2, -0.15) is 0 Å². The van der Waals surface area contributed by atoms with E-state index >= 15 is 0 Å². The molecule has 106 valence electrons. The number of piperidine rings is 1. The Bertz CT molecular complexity index is 419. The van der Waals surface area contributed by atoms with E-state index in [1.54, 1.807) is 6.07 Å². The summed E-state index contributed by atoms with van der Waals surface area (Å²) in [6.45, 7) is 6.52. The van der Waals surface area contributed by atoms with Gasteiger partial charge in [0, 0.05) is 18.4 Å². The smallest absolute Gasteiger partial charge is 0.146 e. The number of alkyl halides is 1. The quantitative estimate of drug-likeness (QED) is 0.693. The molecule has 0 amide bonds. The first-order valence-corrected chi connectivity index (χ1v) is 8.35. The lowest BCUT2D eigenvalue weighted by Crippen LogP contribution is -2.40. The second-order valence-corrected chi connectivity index (χ2v) is 6.17. The molecule has 1 fully saturated rings. The van der Waals surface area contributed by atoms with E-state index in [1.807, 2.05) is 12.1 Å². The fraction of sp³-hybridized carbons (Fsp3) is 0.625. The van der Waals surface area contributed by atoms with Gasteiger partial charge in [-0.15, -0.1) is 0 Å². The van der Waals surface area contributed by atoms with Gasteiger partial charge in [0.2, 0.25) is 0 Å². The van der Waals surface area contributed by atoms with Crippen molar-refractivity contribution in [1.29, 1.82) is 0 Å². The second kappa shape index (κ2) is 6.25. The van der Waals surface area contributed by atoms with Gasteiger partial charge in [-0.3, -0.25) is 0 Å². The molecule has 1 nitrogen and oxygen atoms in total. The van der Waals surface area contributed by atoms with Crippen molar-refractivity contribution in [2.24, 2.45) is 5.41 Å². The van der Waals surface area contributed by atoms with Crippen LogP contribution in [0.5, 0.6) is 0 Å². The Labute approximate surface area is 124 Å². The molecule has 19 heavy (non-hydrogen) atoms. The Balaban J connectivity index is 2.09. The highest BCUT2D eigenvalue weighted by atomic mass is 79.9. The Kier molecular flexibility index (Phi) is 4.88. The van der Waals surface area contributed by atoms with Gasteiger partial charge in [-0.25, -0.2) is 4.39 Å². The number of benzene rings is 1. The molecule has 3 heteroatoms. The Hall–Kier alpha value is -0.570. The lowest BCUT2D eigenvalue weighted by molar-refractivity contribution is 0.199. The molecule has 0 unspecified atom stereocenters. The van der Waals surface area contributed by atoms with E-state index in [0.29, 0.717) is 10.7 Å². The van der Waals surface area contributed by atoms with E-state index in [4.69, 9.17) is 0 Å². The number of anilines is 1. The predicted molar refractivity (Wildman–Crippen MR) is 83.5 cm³/mol. The number of hydrogen-bond acceptors (Lipinski definition) is 1. The minimum absolute atomic E-state index is 0.0857. The van der Waals surface area contributed by atoms with Crippen LogP contribution in [0.15, 0.2) is 18.2 Å². The van der Waals surface area contributed by atoms with Crippen LogP contribution in [0.3, 0.4) is 0 Å². The van der Waals surface area contributed by atoms with Gasteiger partial charge in [-0.1, -0.05) is 48.7 Å². The molecule has 1 heterocycles. The molecule has 1 saturated heterocycles. The maximum absolute atomic E-state index is 14.1.